The van der Waals surface area contributed by atoms with Crippen LogP contribution in [0.2, 0.25) is 5.02 Å². The molecule has 20 heavy (non-hydrogen) atoms. The molecule has 1 aliphatic rings. The van der Waals surface area contributed by atoms with Crippen LogP contribution in [0.3, 0.4) is 0 Å². The topological polar surface area (TPSA) is 60.2 Å². The fourth-order valence-electron chi connectivity index (χ4n) is 3.02. The lowest BCUT2D eigenvalue weighted by Crippen LogP contribution is -2.39. The number of rotatable bonds is 4. The highest BCUT2D eigenvalue weighted by Gasteiger charge is 2.36. The average molecular weight is 316 g/mol. The Labute approximate surface area is 126 Å². The minimum atomic E-state index is -3.17. The molecule has 2 rings (SSSR count). The van der Waals surface area contributed by atoms with Crippen LogP contribution in [0.4, 0.5) is 0 Å². The first-order chi connectivity index (χ1) is 9.42. The van der Waals surface area contributed by atoms with Crippen LogP contribution in [0.1, 0.15) is 31.7 Å². The second kappa shape index (κ2) is 6.46. The van der Waals surface area contributed by atoms with Crippen LogP contribution >= 0.6 is 11.6 Å². The first-order valence-electron chi connectivity index (χ1n) is 7.08. The zero-order valence-electron chi connectivity index (χ0n) is 11.8. The number of hydrogen-bond acceptors (Lipinski definition) is 3. The van der Waals surface area contributed by atoms with Gasteiger partial charge in [-0.3, -0.25) is 0 Å². The molecule has 112 valence electrons. The molecule has 0 aromatic heterocycles. The van der Waals surface area contributed by atoms with Crippen LogP contribution in [0.15, 0.2) is 24.3 Å². The first kappa shape index (κ1) is 15.8. The average Bonchev–Trinajstić information content (AvgIpc) is 2.41. The molecular formula is C15H22ClNO2S. The number of sulfone groups is 1. The van der Waals surface area contributed by atoms with E-state index in [2.05, 4.69) is 6.92 Å². The second-order valence-corrected chi connectivity index (χ2v) is 8.54. The Morgan fingerprint density at radius 1 is 1.25 bits per heavy atom. The zero-order chi connectivity index (χ0) is 14.8. The third kappa shape index (κ3) is 3.74. The molecule has 1 saturated carbocycles. The second-order valence-electron chi connectivity index (χ2n) is 5.89. The van der Waals surface area contributed by atoms with Crippen molar-refractivity contribution < 1.29 is 8.42 Å². The van der Waals surface area contributed by atoms with E-state index < -0.39 is 9.84 Å². The summed E-state index contributed by atoms with van der Waals surface area (Å²) < 4.78 is 25.3. The summed E-state index contributed by atoms with van der Waals surface area (Å²) in [5, 5.41) is 0.323. The van der Waals surface area contributed by atoms with Crippen molar-refractivity contribution in [2.75, 3.05) is 6.54 Å². The summed E-state index contributed by atoms with van der Waals surface area (Å²) in [5.74, 6) is 0.643. The van der Waals surface area contributed by atoms with Crippen molar-refractivity contribution >= 4 is 21.4 Å². The van der Waals surface area contributed by atoms with Crippen LogP contribution in [0, 0.1) is 11.8 Å². The van der Waals surface area contributed by atoms with E-state index in [9.17, 15) is 8.42 Å². The van der Waals surface area contributed by atoms with Gasteiger partial charge in [-0.2, -0.15) is 0 Å². The molecule has 0 bridgehead atoms. The maximum absolute atomic E-state index is 12.7. The third-order valence-electron chi connectivity index (χ3n) is 4.24. The maximum atomic E-state index is 12.7. The number of halogens is 1. The van der Waals surface area contributed by atoms with Gasteiger partial charge in [0.1, 0.15) is 0 Å². The number of hydrogen-bond donors (Lipinski definition) is 1. The predicted octanol–water partition coefficient (Wildman–Crippen LogP) is 3.02. The Balaban J connectivity index is 2.17. The molecule has 1 aromatic rings. The van der Waals surface area contributed by atoms with E-state index in [1.165, 1.54) is 0 Å². The highest BCUT2D eigenvalue weighted by Crippen LogP contribution is 2.34. The van der Waals surface area contributed by atoms with Crippen LogP contribution in [0.25, 0.3) is 0 Å². The van der Waals surface area contributed by atoms with Crippen molar-refractivity contribution in [2.24, 2.45) is 17.6 Å². The molecule has 1 aromatic carbocycles. The van der Waals surface area contributed by atoms with Gasteiger partial charge in [-0.25, -0.2) is 8.42 Å². The van der Waals surface area contributed by atoms with Gasteiger partial charge in [0.05, 0.1) is 11.0 Å². The summed E-state index contributed by atoms with van der Waals surface area (Å²) in [6.45, 7) is 2.58. The summed E-state index contributed by atoms with van der Waals surface area (Å²) in [7, 11) is -3.17. The van der Waals surface area contributed by atoms with Crippen molar-refractivity contribution in [3.8, 4) is 0 Å². The van der Waals surface area contributed by atoms with E-state index in [0.717, 1.165) is 24.8 Å². The quantitative estimate of drug-likeness (QED) is 0.929. The van der Waals surface area contributed by atoms with Gasteiger partial charge in [0.2, 0.25) is 0 Å². The summed E-state index contributed by atoms with van der Waals surface area (Å²) in [6.07, 6.45) is 2.73. The lowest BCUT2D eigenvalue weighted by Gasteiger charge is -2.33. The largest absolute Gasteiger partial charge is 0.330 e. The van der Waals surface area contributed by atoms with E-state index in [1.54, 1.807) is 24.3 Å². The summed E-state index contributed by atoms with van der Waals surface area (Å²) >= 11 is 5.83. The van der Waals surface area contributed by atoms with E-state index in [0.29, 0.717) is 17.5 Å². The molecule has 3 unspecified atom stereocenters. The van der Waals surface area contributed by atoms with E-state index in [-0.39, 0.29) is 16.9 Å². The Kier molecular flexibility index (Phi) is 5.10. The van der Waals surface area contributed by atoms with E-state index in [1.807, 2.05) is 0 Å². The molecule has 0 heterocycles. The molecule has 0 saturated heterocycles. The maximum Gasteiger partial charge on any atom is 0.157 e. The standard InChI is InChI=1S/C15H22ClNO2S/c1-11-2-5-13(9-17)15(8-11)20(18,19)10-12-3-6-14(16)7-4-12/h3-4,6-7,11,13,15H,2,5,8-10,17H2,1H3. The van der Waals surface area contributed by atoms with Gasteiger partial charge in [0.15, 0.2) is 9.84 Å². The van der Waals surface area contributed by atoms with Crippen molar-refractivity contribution in [3.05, 3.63) is 34.9 Å². The fourth-order valence-corrected chi connectivity index (χ4v) is 5.47. The molecule has 1 fully saturated rings. The minimum Gasteiger partial charge on any atom is -0.330 e. The lowest BCUT2D eigenvalue weighted by atomic mass is 9.82. The highest BCUT2D eigenvalue weighted by molar-refractivity contribution is 7.91. The molecular weight excluding hydrogens is 294 g/mol. The molecule has 0 spiro atoms. The lowest BCUT2D eigenvalue weighted by molar-refractivity contribution is 0.296. The molecule has 3 nitrogen and oxygen atoms in total. The summed E-state index contributed by atoms with van der Waals surface area (Å²) in [6, 6.07) is 7.03. The Morgan fingerprint density at radius 2 is 1.90 bits per heavy atom. The Bertz CT molecular complexity index is 541. The molecule has 3 atom stereocenters. The first-order valence-corrected chi connectivity index (χ1v) is 9.18. The molecule has 0 aliphatic heterocycles. The van der Waals surface area contributed by atoms with Gasteiger partial charge in [-0.15, -0.1) is 0 Å². The van der Waals surface area contributed by atoms with Crippen LogP contribution in [-0.4, -0.2) is 20.2 Å². The van der Waals surface area contributed by atoms with Gasteiger partial charge < -0.3 is 5.73 Å². The van der Waals surface area contributed by atoms with Crippen LogP contribution < -0.4 is 5.73 Å². The van der Waals surface area contributed by atoms with Crippen molar-refractivity contribution in [3.63, 3.8) is 0 Å². The zero-order valence-corrected chi connectivity index (χ0v) is 13.3. The predicted molar refractivity (Wildman–Crippen MR) is 83.4 cm³/mol. The van der Waals surface area contributed by atoms with E-state index in [4.69, 9.17) is 17.3 Å². The summed E-state index contributed by atoms with van der Waals surface area (Å²) in [4.78, 5) is 0. The molecule has 1 aliphatic carbocycles. The van der Waals surface area contributed by atoms with Gasteiger partial charge in [-0.1, -0.05) is 37.1 Å². The van der Waals surface area contributed by atoms with Gasteiger partial charge >= 0.3 is 0 Å². The highest BCUT2D eigenvalue weighted by atomic mass is 35.5. The number of nitrogens with two attached hydrogens (primary N) is 1. The molecule has 0 amide bonds. The number of benzene rings is 1. The minimum absolute atomic E-state index is 0.0814. The van der Waals surface area contributed by atoms with Gasteiger partial charge in [0.25, 0.3) is 0 Å². The van der Waals surface area contributed by atoms with Gasteiger partial charge in [-0.05, 0) is 48.9 Å². The van der Waals surface area contributed by atoms with Crippen molar-refractivity contribution in [2.45, 2.75) is 37.2 Å². The monoisotopic (exact) mass is 315 g/mol. The normalized spacial score (nSPS) is 27.4. The van der Waals surface area contributed by atoms with Crippen molar-refractivity contribution in [1.82, 2.24) is 0 Å². The summed E-state index contributed by atoms with van der Waals surface area (Å²) in [5.41, 5.74) is 6.56. The van der Waals surface area contributed by atoms with E-state index >= 15 is 0 Å². The van der Waals surface area contributed by atoms with Crippen LogP contribution in [-0.2, 0) is 15.6 Å². The molecule has 0 radical (unpaired) electrons. The SMILES string of the molecule is CC1CCC(CN)C(S(=O)(=O)Cc2ccc(Cl)cc2)C1. The molecule has 5 heteroatoms. The van der Waals surface area contributed by atoms with Crippen molar-refractivity contribution in [1.29, 1.82) is 0 Å². The Hall–Kier alpha value is -0.580. The Morgan fingerprint density at radius 3 is 2.50 bits per heavy atom. The smallest absolute Gasteiger partial charge is 0.157 e. The third-order valence-corrected chi connectivity index (χ3v) is 6.72. The fraction of sp³-hybridized carbons (Fsp3) is 0.600. The van der Waals surface area contributed by atoms with Gasteiger partial charge in [0, 0.05) is 5.02 Å². The van der Waals surface area contributed by atoms with Crippen LogP contribution in [0.5, 0.6) is 0 Å². The molecule has 2 N–H and O–H groups in total.